The van der Waals surface area contributed by atoms with E-state index >= 15 is 0 Å². The molecule has 54 valence electrons. The average Bonchev–Trinajstić information content (AvgIpc) is 1.84. The SMILES string of the molecule is Fc1cc(Cl)c(Cl)cc1F. The van der Waals surface area contributed by atoms with E-state index in [1.54, 1.807) is 0 Å². The Hall–Kier alpha value is -0.340. The zero-order valence-corrected chi connectivity index (χ0v) is 6.18. The molecule has 0 spiro atoms. The highest BCUT2D eigenvalue weighted by molar-refractivity contribution is 6.41. The van der Waals surface area contributed by atoms with Gasteiger partial charge in [-0.2, -0.15) is 0 Å². The van der Waals surface area contributed by atoms with Gasteiger partial charge in [-0.3, -0.25) is 0 Å². The van der Waals surface area contributed by atoms with Crippen LogP contribution in [0.5, 0.6) is 0 Å². The quantitative estimate of drug-likeness (QED) is 0.541. The molecule has 0 unspecified atom stereocenters. The van der Waals surface area contributed by atoms with Crippen LogP contribution in [0.4, 0.5) is 8.78 Å². The third kappa shape index (κ3) is 1.39. The zero-order valence-electron chi connectivity index (χ0n) is 4.67. The molecule has 0 aliphatic carbocycles. The largest absolute Gasteiger partial charge is 0.204 e. The highest BCUT2D eigenvalue weighted by Crippen LogP contribution is 2.23. The molecule has 0 aliphatic rings. The molecule has 0 heterocycles. The average molecular weight is 183 g/mol. The molecular weight excluding hydrogens is 181 g/mol. The molecule has 0 N–H and O–H groups in total. The van der Waals surface area contributed by atoms with E-state index in [2.05, 4.69) is 0 Å². The second-order valence-corrected chi connectivity index (χ2v) is 2.49. The van der Waals surface area contributed by atoms with Crippen molar-refractivity contribution in [2.75, 3.05) is 0 Å². The summed E-state index contributed by atoms with van der Waals surface area (Å²) < 4.78 is 24.5. The molecule has 0 saturated heterocycles. The first-order valence-corrected chi connectivity index (χ1v) is 3.17. The number of benzene rings is 1. The molecule has 0 aromatic heterocycles. The fraction of sp³-hybridized carbons (Fsp3) is 0. The van der Waals surface area contributed by atoms with Gasteiger partial charge in [0.15, 0.2) is 11.6 Å². The van der Waals surface area contributed by atoms with E-state index in [0.29, 0.717) is 0 Å². The minimum absolute atomic E-state index is 0.0144. The summed E-state index contributed by atoms with van der Waals surface area (Å²) >= 11 is 10.7. The molecule has 1 aromatic rings. The van der Waals surface area contributed by atoms with Gasteiger partial charge in [0.05, 0.1) is 10.0 Å². The Kier molecular flexibility index (Phi) is 2.11. The molecule has 0 fully saturated rings. The molecule has 1 rings (SSSR count). The number of hydrogen-bond donors (Lipinski definition) is 0. The highest BCUT2D eigenvalue weighted by Gasteiger charge is 2.05. The van der Waals surface area contributed by atoms with Crippen molar-refractivity contribution in [2.24, 2.45) is 0 Å². The molecule has 0 bridgehead atoms. The Morgan fingerprint density at radius 2 is 1.20 bits per heavy atom. The Bertz CT molecular complexity index is 210. The smallest absolute Gasteiger partial charge is 0.160 e. The fourth-order valence-corrected chi connectivity index (χ4v) is 0.799. The van der Waals surface area contributed by atoms with Gasteiger partial charge in [-0.25, -0.2) is 8.78 Å². The maximum atomic E-state index is 12.2. The summed E-state index contributed by atoms with van der Waals surface area (Å²) in [5, 5.41) is 0.0288. The molecular formula is C6H2Cl2F2. The van der Waals surface area contributed by atoms with Gasteiger partial charge in [-0.1, -0.05) is 23.2 Å². The highest BCUT2D eigenvalue weighted by atomic mass is 35.5. The molecule has 0 radical (unpaired) electrons. The molecule has 4 heteroatoms. The van der Waals surface area contributed by atoms with E-state index in [9.17, 15) is 8.78 Å². The summed E-state index contributed by atoms with van der Waals surface area (Å²) in [6, 6.07) is 1.67. The summed E-state index contributed by atoms with van der Waals surface area (Å²) in [6.45, 7) is 0. The zero-order chi connectivity index (χ0) is 7.72. The third-order valence-electron chi connectivity index (χ3n) is 0.963. The third-order valence-corrected chi connectivity index (χ3v) is 1.69. The van der Waals surface area contributed by atoms with Crippen molar-refractivity contribution in [3.05, 3.63) is 33.8 Å². The van der Waals surface area contributed by atoms with Crippen LogP contribution in [-0.4, -0.2) is 0 Å². The molecule has 1 aromatic carbocycles. The first-order chi connectivity index (χ1) is 4.61. The van der Waals surface area contributed by atoms with Crippen molar-refractivity contribution in [1.29, 1.82) is 0 Å². The fourth-order valence-electron chi connectivity index (χ4n) is 0.498. The first-order valence-electron chi connectivity index (χ1n) is 2.41. The summed E-state index contributed by atoms with van der Waals surface area (Å²) in [6.07, 6.45) is 0. The van der Waals surface area contributed by atoms with Gasteiger partial charge in [0.25, 0.3) is 0 Å². The summed E-state index contributed by atoms with van der Waals surface area (Å²) in [5.41, 5.74) is 0. The maximum Gasteiger partial charge on any atom is 0.160 e. The van der Waals surface area contributed by atoms with Crippen molar-refractivity contribution in [1.82, 2.24) is 0 Å². The number of halogens is 4. The summed E-state index contributed by atoms with van der Waals surface area (Å²) in [7, 11) is 0. The van der Waals surface area contributed by atoms with Gasteiger partial charge in [0, 0.05) is 0 Å². The van der Waals surface area contributed by atoms with E-state index in [0.717, 1.165) is 12.1 Å². The predicted octanol–water partition coefficient (Wildman–Crippen LogP) is 3.27. The number of rotatable bonds is 0. The van der Waals surface area contributed by atoms with Crippen LogP contribution in [0.1, 0.15) is 0 Å². The lowest BCUT2D eigenvalue weighted by Gasteiger charge is -1.95. The van der Waals surface area contributed by atoms with E-state index < -0.39 is 11.6 Å². The van der Waals surface area contributed by atoms with Crippen molar-refractivity contribution >= 4 is 23.2 Å². The van der Waals surface area contributed by atoms with Gasteiger partial charge < -0.3 is 0 Å². The minimum Gasteiger partial charge on any atom is -0.204 e. The van der Waals surface area contributed by atoms with Crippen LogP contribution < -0.4 is 0 Å². The maximum absolute atomic E-state index is 12.2. The van der Waals surface area contributed by atoms with E-state index in [4.69, 9.17) is 23.2 Å². The van der Waals surface area contributed by atoms with E-state index in [-0.39, 0.29) is 10.0 Å². The van der Waals surface area contributed by atoms with Gasteiger partial charge in [0.2, 0.25) is 0 Å². The number of hydrogen-bond acceptors (Lipinski definition) is 0. The lowest BCUT2D eigenvalue weighted by molar-refractivity contribution is 0.509. The lowest BCUT2D eigenvalue weighted by Crippen LogP contribution is -1.82. The molecule has 0 saturated carbocycles. The first kappa shape index (κ1) is 7.76. The predicted molar refractivity (Wildman–Crippen MR) is 36.4 cm³/mol. The Labute approximate surface area is 66.4 Å². The lowest BCUT2D eigenvalue weighted by atomic mass is 10.3. The molecule has 0 nitrogen and oxygen atoms in total. The Morgan fingerprint density at radius 3 is 1.50 bits per heavy atom. The topological polar surface area (TPSA) is 0 Å². The van der Waals surface area contributed by atoms with Crippen molar-refractivity contribution in [2.45, 2.75) is 0 Å². The van der Waals surface area contributed by atoms with Crippen LogP contribution >= 0.6 is 23.2 Å². The summed E-state index contributed by atoms with van der Waals surface area (Å²) in [5.74, 6) is -1.98. The normalized spacial score (nSPS) is 10.0. The van der Waals surface area contributed by atoms with Crippen LogP contribution in [-0.2, 0) is 0 Å². The van der Waals surface area contributed by atoms with Gasteiger partial charge in [-0.15, -0.1) is 0 Å². The van der Waals surface area contributed by atoms with Crippen LogP contribution in [0.25, 0.3) is 0 Å². The van der Waals surface area contributed by atoms with E-state index in [1.807, 2.05) is 0 Å². The van der Waals surface area contributed by atoms with Crippen molar-refractivity contribution in [3.63, 3.8) is 0 Å². The van der Waals surface area contributed by atoms with Crippen LogP contribution in [0.3, 0.4) is 0 Å². The Balaban J connectivity index is 3.28. The summed E-state index contributed by atoms with van der Waals surface area (Å²) in [4.78, 5) is 0. The van der Waals surface area contributed by atoms with Crippen LogP contribution in [0.15, 0.2) is 12.1 Å². The van der Waals surface area contributed by atoms with Gasteiger partial charge >= 0.3 is 0 Å². The molecule has 0 amide bonds. The molecule has 10 heavy (non-hydrogen) atoms. The van der Waals surface area contributed by atoms with E-state index in [1.165, 1.54) is 0 Å². The molecule has 0 aliphatic heterocycles. The van der Waals surface area contributed by atoms with Gasteiger partial charge in [-0.05, 0) is 12.1 Å². The molecule has 0 atom stereocenters. The van der Waals surface area contributed by atoms with Crippen molar-refractivity contribution in [3.8, 4) is 0 Å². The standard InChI is InChI=1S/C6H2Cl2F2/c7-3-1-5(9)6(10)2-4(3)8/h1-2H. The monoisotopic (exact) mass is 182 g/mol. The van der Waals surface area contributed by atoms with Crippen LogP contribution in [0, 0.1) is 11.6 Å². The van der Waals surface area contributed by atoms with Crippen molar-refractivity contribution < 1.29 is 8.78 Å². The second-order valence-electron chi connectivity index (χ2n) is 1.68. The Morgan fingerprint density at radius 1 is 0.900 bits per heavy atom. The van der Waals surface area contributed by atoms with Gasteiger partial charge in [0.1, 0.15) is 0 Å². The second kappa shape index (κ2) is 2.72. The minimum atomic E-state index is -0.991. The van der Waals surface area contributed by atoms with Crippen LogP contribution in [0.2, 0.25) is 10.0 Å².